The molecule has 0 fully saturated rings. The normalized spacial score (nSPS) is 10.9. The summed E-state index contributed by atoms with van der Waals surface area (Å²) in [5, 5.41) is 0. The molecule has 2 rings (SSSR count). The first kappa shape index (κ1) is 11.8. The molecule has 0 saturated heterocycles. The molecular weight excluding hydrogens is 213 g/mol. The second-order valence-electron chi connectivity index (χ2n) is 4.55. The van der Waals surface area contributed by atoms with Gasteiger partial charge in [0.25, 0.3) is 0 Å². The minimum Gasteiger partial charge on any atom is -0.260 e. The Kier molecular flexibility index (Phi) is 3.23. The van der Waals surface area contributed by atoms with Crippen LogP contribution in [0.5, 0.6) is 0 Å². The van der Waals surface area contributed by atoms with E-state index in [9.17, 15) is 4.39 Å². The smallest absolute Gasteiger partial charge is 0.123 e. The lowest BCUT2D eigenvalue weighted by Crippen LogP contribution is -1.97. The van der Waals surface area contributed by atoms with E-state index < -0.39 is 0 Å². The molecule has 1 aromatic carbocycles. The molecule has 0 N–H and O–H groups in total. The van der Waals surface area contributed by atoms with Gasteiger partial charge in [-0.25, -0.2) is 4.39 Å². The zero-order valence-corrected chi connectivity index (χ0v) is 10.4. The minimum absolute atomic E-state index is 0.193. The van der Waals surface area contributed by atoms with Gasteiger partial charge in [-0.1, -0.05) is 26.0 Å². The van der Waals surface area contributed by atoms with Crippen LogP contribution in [0.25, 0.3) is 11.1 Å². The number of hydrogen-bond donors (Lipinski definition) is 0. The van der Waals surface area contributed by atoms with Crippen molar-refractivity contribution in [2.45, 2.75) is 26.7 Å². The fraction of sp³-hybridized carbons (Fsp3) is 0.267. The van der Waals surface area contributed by atoms with E-state index in [0.29, 0.717) is 5.92 Å². The lowest BCUT2D eigenvalue weighted by Gasteiger charge is -2.13. The first-order valence-corrected chi connectivity index (χ1v) is 5.81. The van der Waals surface area contributed by atoms with Crippen molar-refractivity contribution < 1.29 is 4.39 Å². The zero-order valence-electron chi connectivity index (χ0n) is 10.4. The summed E-state index contributed by atoms with van der Waals surface area (Å²) in [6.07, 6.45) is 1.80. The van der Waals surface area contributed by atoms with Crippen molar-refractivity contribution in [2.24, 2.45) is 0 Å². The van der Waals surface area contributed by atoms with Gasteiger partial charge in [-0.3, -0.25) is 4.98 Å². The molecule has 2 aromatic rings. The van der Waals surface area contributed by atoms with Crippen molar-refractivity contribution in [1.82, 2.24) is 4.98 Å². The standard InChI is InChI=1S/C15H16FN/c1-10(2)15-14(5-4-8-17-15)13-7-6-12(16)9-11(13)3/h4-10H,1-3H3. The number of benzene rings is 1. The number of halogens is 1. The van der Waals surface area contributed by atoms with Crippen LogP contribution in [0.4, 0.5) is 4.39 Å². The molecule has 17 heavy (non-hydrogen) atoms. The summed E-state index contributed by atoms with van der Waals surface area (Å²) in [6.45, 7) is 6.16. The number of nitrogens with zero attached hydrogens (tertiary/aromatic N) is 1. The molecule has 1 aromatic heterocycles. The fourth-order valence-electron chi connectivity index (χ4n) is 2.03. The molecule has 0 aliphatic heterocycles. The quantitative estimate of drug-likeness (QED) is 0.747. The predicted molar refractivity (Wildman–Crippen MR) is 68.5 cm³/mol. The summed E-state index contributed by atoms with van der Waals surface area (Å²) in [5.41, 5.74) is 4.16. The third kappa shape index (κ3) is 2.36. The van der Waals surface area contributed by atoms with Crippen LogP contribution in [0, 0.1) is 12.7 Å². The van der Waals surface area contributed by atoms with Crippen molar-refractivity contribution in [2.75, 3.05) is 0 Å². The van der Waals surface area contributed by atoms with Gasteiger partial charge in [-0.2, -0.15) is 0 Å². The van der Waals surface area contributed by atoms with Gasteiger partial charge in [0.15, 0.2) is 0 Å². The molecule has 1 heterocycles. The van der Waals surface area contributed by atoms with E-state index in [1.54, 1.807) is 12.3 Å². The van der Waals surface area contributed by atoms with Crippen LogP contribution in [-0.2, 0) is 0 Å². The lowest BCUT2D eigenvalue weighted by molar-refractivity contribution is 0.627. The SMILES string of the molecule is Cc1cc(F)ccc1-c1cccnc1C(C)C. The second-order valence-corrected chi connectivity index (χ2v) is 4.55. The number of pyridine rings is 1. The van der Waals surface area contributed by atoms with Crippen LogP contribution in [0.1, 0.15) is 31.0 Å². The Labute approximate surface area is 101 Å². The van der Waals surface area contributed by atoms with Gasteiger partial charge < -0.3 is 0 Å². The van der Waals surface area contributed by atoms with E-state index in [1.807, 2.05) is 25.1 Å². The van der Waals surface area contributed by atoms with Crippen LogP contribution < -0.4 is 0 Å². The Hall–Kier alpha value is -1.70. The molecular formula is C15H16FN. The minimum atomic E-state index is -0.193. The maximum Gasteiger partial charge on any atom is 0.123 e. The van der Waals surface area contributed by atoms with Gasteiger partial charge in [-0.15, -0.1) is 0 Å². The van der Waals surface area contributed by atoms with Gasteiger partial charge >= 0.3 is 0 Å². The molecule has 0 radical (unpaired) electrons. The molecule has 0 amide bonds. The highest BCUT2D eigenvalue weighted by Crippen LogP contribution is 2.29. The molecule has 0 aliphatic carbocycles. The van der Waals surface area contributed by atoms with Crippen LogP contribution in [0.2, 0.25) is 0 Å². The van der Waals surface area contributed by atoms with Gasteiger partial charge in [0, 0.05) is 11.8 Å². The summed E-state index contributed by atoms with van der Waals surface area (Å²) < 4.78 is 13.1. The maximum absolute atomic E-state index is 13.1. The Morgan fingerprint density at radius 2 is 1.88 bits per heavy atom. The van der Waals surface area contributed by atoms with Crippen LogP contribution >= 0.6 is 0 Å². The van der Waals surface area contributed by atoms with Crippen molar-refractivity contribution in [3.05, 3.63) is 53.6 Å². The summed E-state index contributed by atoms with van der Waals surface area (Å²) >= 11 is 0. The maximum atomic E-state index is 13.1. The van der Waals surface area contributed by atoms with E-state index in [1.165, 1.54) is 6.07 Å². The van der Waals surface area contributed by atoms with Crippen LogP contribution in [0.15, 0.2) is 36.5 Å². The molecule has 0 bridgehead atoms. The molecule has 88 valence electrons. The van der Waals surface area contributed by atoms with Crippen molar-refractivity contribution in [3.63, 3.8) is 0 Å². The van der Waals surface area contributed by atoms with Crippen molar-refractivity contribution >= 4 is 0 Å². The third-order valence-electron chi connectivity index (χ3n) is 2.86. The molecule has 2 heteroatoms. The average molecular weight is 229 g/mol. The fourth-order valence-corrected chi connectivity index (χ4v) is 2.03. The van der Waals surface area contributed by atoms with Gasteiger partial charge in [0.2, 0.25) is 0 Å². The average Bonchev–Trinajstić information content (AvgIpc) is 2.29. The largest absolute Gasteiger partial charge is 0.260 e. The summed E-state index contributed by atoms with van der Waals surface area (Å²) in [5.74, 6) is 0.164. The van der Waals surface area contributed by atoms with Gasteiger partial charge in [0.1, 0.15) is 5.82 Å². The third-order valence-corrected chi connectivity index (χ3v) is 2.86. The van der Waals surface area contributed by atoms with E-state index in [2.05, 4.69) is 18.8 Å². The number of aromatic nitrogens is 1. The molecule has 0 saturated carbocycles. The van der Waals surface area contributed by atoms with E-state index >= 15 is 0 Å². The van der Waals surface area contributed by atoms with Crippen LogP contribution in [-0.4, -0.2) is 4.98 Å². The lowest BCUT2D eigenvalue weighted by atomic mass is 9.95. The van der Waals surface area contributed by atoms with Gasteiger partial charge in [-0.05, 0) is 42.2 Å². The molecule has 0 aliphatic rings. The summed E-state index contributed by atoms with van der Waals surface area (Å²) in [6, 6.07) is 8.85. The predicted octanol–water partition coefficient (Wildman–Crippen LogP) is 4.32. The molecule has 0 spiro atoms. The highest BCUT2D eigenvalue weighted by molar-refractivity contribution is 5.69. The van der Waals surface area contributed by atoms with E-state index in [0.717, 1.165) is 22.4 Å². The highest BCUT2D eigenvalue weighted by atomic mass is 19.1. The Bertz CT molecular complexity index is 532. The first-order chi connectivity index (χ1) is 8.09. The number of aryl methyl sites for hydroxylation is 1. The van der Waals surface area contributed by atoms with Crippen molar-refractivity contribution in [3.8, 4) is 11.1 Å². The number of hydrogen-bond acceptors (Lipinski definition) is 1. The Morgan fingerprint density at radius 3 is 2.53 bits per heavy atom. The van der Waals surface area contributed by atoms with Crippen LogP contribution in [0.3, 0.4) is 0 Å². The van der Waals surface area contributed by atoms with E-state index in [4.69, 9.17) is 0 Å². The highest BCUT2D eigenvalue weighted by Gasteiger charge is 2.11. The van der Waals surface area contributed by atoms with Gasteiger partial charge in [0.05, 0.1) is 5.69 Å². The van der Waals surface area contributed by atoms with Crippen molar-refractivity contribution in [1.29, 1.82) is 0 Å². The second kappa shape index (κ2) is 4.66. The summed E-state index contributed by atoms with van der Waals surface area (Å²) in [4.78, 5) is 4.42. The Balaban J connectivity index is 2.60. The number of rotatable bonds is 2. The Morgan fingerprint density at radius 1 is 1.12 bits per heavy atom. The molecule has 0 atom stereocenters. The molecule has 1 nitrogen and oxygen atoms in total. The van der Waals surface area contributed by atoms with E-state index in [-0.39, 0.29) is 5.82 Å². The topological polar surface area (TPSA) is 12.9 Å². The zero-order chi connectivity index (χ0) is 12.4. The monoisotopic (exact) mass is 229 g/mol. The molecule has 0 unspecified atom stereocenters. The first-order valence-electron chi connectivity index (χ1n) is 5.81. The summed E-state index contributed by atoms with van der Waals surface area (Å²) in [7, 11) is 0.